The van der Waals surface area contributed by atoms with Crippen molar-refractivity contribution in [3.05, 3.63) is 59.5 Å². The summed E-state index contributed by atoms with van der Waals surface area (Å²) in [5.74, 6) is -0.145. The van der Waals surface area contributed by atoms with Crippen molar-refractivity contribution in [2.45, 2.75) is 49.1 Å². The standard InChI is InChI=1S/C29H29N9O13P2S/c30-23-17-12(16-5-11-3-1-2-4-15(11)54-16)6-37(24(17)33-9-32-23)27-20(40)21-14(49-27)8-47-53(44,45)51-22-19(39)13(7-46-52(42,43)50-21)48-28(22)38-10-34-18-25(38)35-29(31)36-26(18)41/h1-6,9-10,13-14,19-22,27-28,39-40H,7-8H2,(H,42,43)(H,44,45)(H2,30,32,33)(H3,31,35,36,41)/t13-,14-,19-,20-,21-,22-,27-,28-/m1/s1. The number of aliphatic hydroxyl groups excluding tert-OH is 2. The van der Waals surface area contributed by atoms with Gasteiger partial charge in [0, 0.05) is 21.3 Å². The molecule has 0 saturated carbocycles. The smallest absolute Gasteiger partial charge is 0.387 e. The van der Waals surface area contributed by atoms with Crippen LogP contribution in [0, 0.1) is 0 Å². The number of nitrogens with two attached hydrogens (primary N) is 2. The van der Waals surface area contributed by atoms with Gasteiger partial charge in [0.05, 0.1) is 24.9 Å². The summed E-state index contributed by atoms with van der Waals surface area (Å²) in [6, 6.07) is 9.70. The van der Waals surface area contributed by atoms with Crippen molar-refractivity contribution in [2.24, 2.45) is 0 Å². The molecule has 3 saturated heterocycles. The number of hydrogen-bond acceptors (Lipinski definition) is 18. The first-order valence-corrected chi connectivity index (χ1v) is 19.9. The second-order valence-electron chi connectivity index (χ2n) is 12.6. The lowest BCUT2D eigenvalue weighted by molar-refractivity contribution is -0.0671. The number of aromatic amines is 1. The van der Waals surface area contributed by atoms with E-state index in [0.29, 0.717) is 10.9 Å². The zero-order valence-electron chi connectivity index (χ0n) is 27.3. The van der Waals surface area contributed by atoms with E-state index in [1.54, 1.807) is 6.20 Å². The molecule has 54 heavy (non-hydrogen) atoms. The Morgan fingerprint density at radius 3 is 2.39 bits per heavy atom. The molecule has 9 N–H and O–H groups in total. The molecule has 6 aromatic rings. The lowest BCUT2D eigenvalue weighted by Gasteiger charge is -2.25. The number of nitrogens with one attached hydrogen (secondary N) is 1. The molecule has 8 heterocycles. The summed E-state index contributed by atoms with van der Waals surface area (Å²) in [6.45, 7) is -1.66. The minimum atomic E-state index is -5.16. The predicted octanol–water partition coefficient (Wildman–Crippen LogP) is 1.15. The molecule has 3 fully saturated rings. The molecule has 0 spiro atoms. The fourth-order valence-corrected chi connectivity index (χ4v) is 9.82. The number of nitrogen functional groups attached to an aromatic ring is 2. The van der Waals surface area contributed by atoms with Crippen LogP contribution >= 0.6 is 27.0 Å². The molecule has 0 amide bonds. The lowest BCUT2D eigenvalue weighted by Crippen LogP contribution is -2.36. The van der Waals surface area contributed by atoms with Crippen LogP contribution in [0.3, 0.4) is 0 Å². The fourth-order valence-electron chi connectivity index (χ4n) is 6.84. The van der Waals surface area contributed by atoms with Crippen molar-refractivity contribution < 1.29 is 56.7 Å². The van der Waals surface area contributed by atoms with Gasteiger partial charge in [-0.25, -0.2) is 24.1 Å². The van der Waals surface area contributed by atoms with E-state index in [-0.39, 0.29) is 28.6 Å². The number of rotatable bonds is 3. The van der Waals surface area contributed by atoms with Crippen LogP contribution in [0.25, 0.3) is 42.7 Å². The van der Waals surface area contributed by atoms with Crippen molar-refractivity contribution in [1.29, 1.82) is 0 Å². The van der Waals surface area contributed by atoms with E-state index < -0.39 is 83.5 Å². The zero-order valence-corrected chi connectivity index (χ0v) is 29.9. The first-order chi connectivity index (χ1) is 25.8. The van der Waals surface area contributed by atoms with Gasteiger partial charge in [0.2, 0.25) is 5.95 Å². The summed E-state index contributed by atoms with van der Waals surface area (Å²) in [5, 5.41) is 24.2. The van der Waals surface area contributed by atoms with Gasteiger partial charge < -0.3 is 45.5 Å². The van der Waals surface area contributed by atoms with E-state index in [2.05, 4.69) is 24.9 Å². The molecular weight excluding hydrogens is 776 g/mol. The molecule has 22 nitrogen and oxygen atoms in total. The number of hydrogen-bond donors (Lipinski definition) is 7. The maximum Gasteiger partial charge on any atom is 0.472 e. The second kappa shape index (κ2) is 13.0. The summed E-state index contributed by atoms with van der Waals surface area (Å²) in [6.07, 6.45) is -8.84. The molecule has 1 aromatic carbocycles. The minimum absolute atomic E-state index is 0.128. The maximum atomic E-state index is 13.5. The van der Waals surface area contributed by atoms with Crippen LogP contribution in [0.4, 0.5) is 11.8 Å². The van der Waals surface area contributed by atoms with Crippen LogP contribution in [-0.4, -0.2) is 104 Å². The normalized spacial score (nSPS) is 33.5. The molecule has 2 unspecified atom stereocenters. The van der Waals surface area contributed by atoms with E-state index in [0.717, 1.165) is 25.9 Å². The van der Waals surface area contributed by atoms with Crippen molar-refractivity contribution in [1.82, 2.24) is 34.1 Å². The number of ether oxygens (including phenoxy) is 2. The Kier molecular flexibility index (Phi) is 8.52. The van der Waals surface area contributed by atoms with Gasteiger partial charge in [0.1, 0.15) is 54.4 Å². The lowest BCUT2D eigenvalue weighted by atomic mass is 10.1. The third-order valence-corrected chi connectivity index (χ3v) is 12.4. The summed E-state index contributed by atoms with van der Waals surface area (Å²) < 4.78 is 63.8. The van der Waals surface area contributed by atoms with Crippen LogP contribution in [-0.2, 0) is 36.7 Å². The summed E-state index contributed by atoms with van der Waals surface area (Å²) in [4.78, 5) is 53.8. The molecule has 0 aliphatic carbocycles. The number of phosphoric ester groups is 2. The quantitative estimate of drug-likeness (QED) is 0.123. The van der Waals surface area contributed by atoms with Gasteiger partial charge in [-0.15, -0.1) is 11.3 Å². The van der Waals surface area contributed by atoms with Crippen molar-refractivity contribution >= 4 is 71.0 Å². The Bertz CT molecular complexity index is 2570. The van der Waals surface area contributed by atoms with E-state index in [4.69, 9.17) is 39.0 Å². The number of fused-ring (bicyclic) bond motifs is 6. The molecule has 25 heteroatoms. The molecule has 0 radical (unpaired) electrons. The average molecular weight is 806 g/mol. The molecule has 3 aliphatic heterocycles. The number of anilines is 2. The van der Waals surface area contributed by atoms with Crippen LogP contribution in [0.5, 0.6) is 0 Å². The number of phosphoric acid groups is 2. The first kappa shape index (κ1) is 35.5. The number of thiophene rings is 1. The summed E-state index contributed by atoms with van der Waals surface area (Å²) in [5.41, 5.74) is 11.9. The topological polar surface area (TPSA) is 317 Å². The molecular formula is C29H29N9O13P2S. The van der Waals surface area contributed by atoms with Gasteiger partial charge >= 0.3 is 15.6 Å². The number of nitrogens with zero attached hydrogens (tertiary/aromatic N) is 6. The minimum Gasteiger partial charge on any atom is -0.387 e. The molecule has 5 aromatic heterocycles. The Balaban J connectivity index is 1.05. The average Bonchev–Trinajstić information content (AvgIpc) is 3.94. The van der Waals surface area contributed by atoms with E-state index in [1.807, 2.05) is 30.3 Å². The fraction of sp³-hybridized carbons (Fsp3) is 0.345. The molecule has 284 valence electrons. The largest absolute Gasteiger partial charge is 0.472 e. The van der Waals surface area contributed by atoms with E-state index >= 15 is 0 Å². The van der Waals surface area contributed by atoms with E-state index in [9.17, 15) is 33.9 Å². The number of imidazole rings is 1. The first-order valence-electron chi connectivity index (χ1n) is 16.1. The van der Waals surface area contributed by atoms with Gasteiger partial charge in [-0.1, -0.05) is 18.2 Å². The molecule has 10 atom stereocenters. The van der Waals surface area contributed by atoms with Crippen molar-refractivity contribution in [3.63, 3.8) is 0 Å². The Labute approximate surface area is 305 Å². The third-order valence-electron chi connectivity index (χ3n) is 9.26. The van der Waals surface area contributed by atoms with Crippen LogP contribution in [0.2, 0.25) is 0 Å². The zero-order chi connectivity index (χ0) is 37.7. The third kappa shape index (κ3) is 6.03. The molecule has 9 rings (SSSR count). The highest BCUT2D eigenvalue weighted by molar-refractivity contribution is 7.47. The number of benzene rings is 1. The Hall–Kier alpha value is -4.19. The summed E-state index contributed by atoms with van der Waals surface area (Å²) >= 11 is 1.48. The number of aliphatic hydroxyl groups is 2. The number of aromatic nitrogens is 7. The maximum absolute atomic E-state index is 13.5. The predicted molar refractivity (Wildman–Crippen MR) is 186 cm³/mol. The van der Waals surface area contributed by atoms with Gasteiger partial charge in [0.25, 0.3) is 5.56 Å². The van der Waals surface area contributed by atoms with Gasteiger partial charge in [-0.3, -0.25) is 32.4 Å². The van der Waals surface area contributed by atoms with Crippen LogP contribution in [0.15, 0.2) is 54.0 Å². The second-order valence-corrected chi connectivity index (χ2v) is 16.5. The number of H-pyrrole nitrogens is 1. The summed E-state index contributed by atoms with van der Waals surface area (Å²) in [7, 11) is -10.3. The van der Waals surface area contributed by atoms with Crippen molar-refractivity contribution in [3.8, 4) is 10.4 Å². The SMILES string of the molecule is Nc1nc2c(ncn2[C@@H]2O[C@@H]3COP(=O)(O)O[C@H]4[C@@H](O)[C@H](n5cc(-c6cc7ccccc7s6)c6c(N)ncnc65)O[C@@H]4COP(=O)(O)O[C@@H]2[C@@H]3O)c(=O)[nH]1. The van der Waals surface area contributed by atoms with Crippen molar-refractivity contribution in [2.75, 3.05) is 24.7 Å². The van der Waals surface area contributed by atoms with E-state index in [1.165, 1.54) is 22.2 Å². The highest BCUT2D eigenvalue weighted by Gasteiger charge is 2.54. The van der Waals surface area contributed by atoms with Gasteiger partial charge in [0.15, 0.2) is 23.6 Å². The molecule has 3 aliphatic rings. The van der Waals surface area contributed by atoms with Gasteiger partial charge in [-0.2, -0.15) is 4.98 Å². The monoisotopic (exact) mass is 805 g/mol. The van der Waals surface area contributed by atoms with Crippen LogP contribution in [0.1, 0.15) is 12.5 Å². The Morgan fingerprint density at radius 1 is 0.889 bits per heavy atom. The molecule has 2 bridgehead atoms. The Morgan fingerprint density at radius 2 is 1.61 bits per heavy atom. The highest BCUT2D eigenvalue weighted by atomic mass is 32.1. The van der Waals surface area contributed by atoms with Gasteiger partial charge in [-0.05, 0) is 17.5 Å². The van der Waals surface area contributed by atoms with Crippen LogP contribution < -0.4 is 17.0 Å². The highest BCUT2D eigenvalue weighted by Crippen LogP contribution is 2.54.